The first-order valence-corrected chi connectivity index (χ1v) is 9.66. The van der Waals surface area contributed by atoms with Crippen molar-refractivity contribution in [1.29, 1.82) is 0 Å². The fourth-order valence-corrected chi connectivity index (χ4v) is 2.94. The number of carboxylic acids is 2. The first-order valence-electron chi connectivity index (χ1n) is 9.66. The molecule has 2 aliphatic heterocycles. The van der Waals surface area contributed by atoms with Crippen molar-refractivity contribution in [2.75, 3.05) is 0 Å². The zero-order valence-electron chi connectivity index (χ0n) is 17.8. The Hall–Kier alpha value is -3.94. The van der Waals surface area contributed by atoms with Crippen LogP contribution in [0.3, 0.4) is 0 Å². The number of H-pyrrole nitrogens is 2. The minimum absolute atomic E-state index is 0. The van der Waals surface area contributed by atoms with Gasteiger partial charge in [-0.05, 0) is 86.7 Å². The van der Waals surface area contributed by atoms with Gasteiger partial charge < -0.3 is 29.8 Å². The van der Waals surface area contributed by atoms with Gasteiger partial charge in [-0.15, -0.1) is 0 Å². The SMILES string of the molecule is C1=Cc2cc3ccc(cc4nc(cc5ccc(cc1n2)[nH]5)C=C4)[nH]3.CC(=O)[O-].CC(=O)[O-].[Mn+2]. The molecular weight excluding hydrogens is 463 g/mol. The number of nitrogens with one attached hydrogen (secondary N) is 2. The van der Waals surface area contributed by atoms with Crippen LogP contribution < -0.4 is 10.2 Å². The maximum atomic E-state index is 8.89. The second-order valence-corrected chi connectivity index (χ2v) is 6.89. The molecule has 2 N–H and O–H groups in total. The topological polar surface area (TPSA) is 138 Å². The average molecular weight is 483 g/mol. The molecule has 0 fully saturated rings. The Labute approximate surface area is 200 Å². The van der Waals surface area contributed by atoms with Crippen LogP contribution in [-0.4, -0.2) is 31.9 Å². The Kier molecular flexibility index (Phi) is 8.91. The molecule has 0 spiro atoms. The standard InChI is InChI=1S/C20H14N4.2C2H4O2.Mn/c1-2-14-10-16-5-6-18(23-16)12-20-8-7-19(24-20)11-17-4-3-15(22-17)9-13(1)21-14;2*1-2(3)4;/h1-12,21,24H;2*1H3,(H,3,4);/q;;;+2/p-2. The van der Waals surface area contributed by atoms with Crippen LogP contribution in [0.15, 0.2) is 48.5 Å². The van der Waals surface area contributed by atoms with Crippen LogP contribution in [0.1, 0.15) is 36.6 Å². The van der Waals surface area contributed by atoms with Crippen LogP contribution in [-0.2, 0) is 26.7 Å². The largest absolute Gasteiger partial charge is 2.00 e. The fraction of sp³-hybridized carbons (Fsp3) is 0.0833. The normalized spacial score (nSPS) is 10.7. The first kappa shape index (κ1) is 25.3. The van der Waals surface area contributed by atoms with E-state index in [0.717, 1.165) is 58.7 Å². The van der Waals surface area contributed by atoms with Crippen LogP contribution in [0, 0.1) is 0 Å². The quantitative estimate of drug-likeness (QED) is 0.324. The third-order valence-electron chi connectivity index (χ3n) is 4.04. The molecule has 5 heterocycles. The minimum Gasteiger partial charge on any atom is -0.550 e. The van der Waals surface area contributed by atoms with Crippen LogP contribution >= 0.6 is 0 Å². The molecule has 3 aromatic heterocycles. The number of aliphatic carboxylic acids is 2. The van der Waals surface area contributed by atoms with Gasteiger partial charge in [0, 0.05) is 34.0 Å². The third-order valence-corrected chi connectivity index (χ3v) is 4.04. The van der Waals surface area contributed by atoms with Gasteiger partial charge in [0.15, 0.2) is 0 Å². The van der Waals surface area contributed by atoms with E-state index in [9.17, 15) is 0 Å². The second kappa shape index (κ2) is 11.6. The predicted molar refractivity (Wildman–Crippen MR) is 120 cm³/mol. The monoisotopic (exact) mass is 483 g/mol. The van der Waals surface area contributed by atoms with Gasteiger partial charge in [-0.2, -0.15) is 0 Å². The summed E-state index contributed by atoms with van der Waals surface area (Å²) in [6.45, 7) is 1.94. The summed E-state index contributed by atoms with van der Waals surface area (Å²) in [5, 5.41) is 17.8. The predicted octanol–water partition coefficient (Wildman–Crippen LogP) is 2.17. The van der Waals surface area contributed by atoms with Gasteiger partial charge in [0.05, 0.1) is 22.8 Å². The van der Waals surface area contributed by atoms with Gasteiger partial charge in [0.2, 0.25) is 0 Å². The molecule has 3 aromatic rings. The van der Waals surface area contributed by atoms with Gasteiger partial charge in [-0.25, -0.2) is 9.97 Å². The molecule has 8 bridgehead atoms. The van der Waals surface area contributed by atoms with Gasteiger partial charge in [-0.3, -0.25) is 0 Å². The van der Waals surface area contributed by atoms with E-state index in [0.29, 0.717) is 0 Å². The van der Waals surface area contributed by atoms with Crippen LogP contribution in [0.2, 0.25) is 0 Å². The fourth-order valence-electron chi connectivity index (χ4n) is 2.94. The minimum atomic E-state index is -1.08. The maximum absolute atomic E-state index is 8.89. The summed E-state index contributed by atoms with van der Waals surface area (Å²) in [4.78, 5) is 33.8. The number of aromatic nitrogens is 4. The molecule has 1 radical (unpaired) electrons. The molecule has 2 aliphatic rings. The van der Waals surface area contributed by atoms with E-state index in [-0.39, 0.29) is 17.1 Å². The molecule has 167 valence electrons. The number of fused-ring (bicyclic) bond motifs is 8. The number of rotatable bonds is 0. The zero-order valence-corrected chi connectivity index (χ0v) is 19.0. The molecule has 0 atom stereocenters. The van der Waals surface area contributed by atoms with Gasteiger partial charge in [0.1, 0.15) is 0 Å². The molecule has 0 aromatic carbocycles. The number of carbonyl (C=O) groups excluding carboxylic acids is 2. The summed E-state index contributed by atoms with van der Waals surface area (Å²) >= 11 is 0. The number of hydrogen-bond donors (Lipinski definition) is 2. The number of nitrogens with zero attached hydrogens (tertiary/aromatic N) is 2. The van der Waals surface area contributed by atoms with Crippen LogP contribution in [0.25, 0.3) is 46.4 Å². The summed E-state index contributed by atoms with van der Waals surface area (Å²) in [7, 11) is 0. The van der Waals surface area contributed by atoms with Crippen molar-refractivity contribution in [3.8, 4) is 0 Å². The number of aromatic amines is 2. The van der Waals surface area contributed by atoms with Crippen molar-refractivity contribution in [2.24, 2.45) is 0 Å². The first-order chi connectivity index (χ1) is 15.3. The summed E-state index contributed by atoms with van der Waals surface area (Å²) in [5.41, 5.74) is 7.86. The van der Waals surface area contributed by atoms with Crippen molar-refractivity contribution in [3.05, 3.63) is 71.3 Å². The summed E-state index contributed by atoms with van der Waals surface area (Å²) in [5.74, 6) is -2.17. The summed E-state index contributed by atoms with van der Waals surface area (Å²) in [6, 6.07) is 16.4. The van der Waals surface area contributed by atoms with Crippen molar-refractivity contribution in [3.63, 3.8) is 0 Å². The van der Waals surface area contributed by atoms with Gasteiger partial charge in [0.25, 0.3) is 0 Å². The van der Waals surface area contributed by atoms with Crippen molar-refractivity contribution in [2.45, 2.75) is 13.8 Å². The summed E-state index contributed by atoms with van der Waals surface area (Å²) < 4.78 is 0. The molecule has 9 heteroatoms. The number of hydrogen-bond acceptors (Lipinski definition) is 6. The molecule has 0 unspecified atom stereocenters. The van der Waals surface area contributed by atoms with Crippen molar-refractivity contribution in [1.82, 2.24) is 19.9 Å². The molecule has 0 saturated heterocycles. The van der Waals surface area contributed by atoms with E-state index in [4.69, 9.17) is 19.8 Å². The Balaban J connectivity index is 0.000000376. The number of carbonyl (C=O) groups is 2. The second-order valence-electron chi connectivity index (χ2n) is 6.89. The van der Waals surface area contributed by atoms with E-state index >= 15 is 0 Å². The van der Waals surface area contributed by atoms with E-state index in [1.165, 1.54) is 0 Å². The molecule has 0 amide bonds. The average Bonchev–Trinajstić information content (AvgIpc) is 3.46. The zero-order chi connectivity index (χ0) is 23.1. The smallest absolute Gasteiger partial charge is 0.550 e. The Morgan fingerprint density at radius 3 is 1.03 bits per heavy atom. The van der Waals surface area contributed by atoms with E-state index < -0.39 is 11.9 Å². The number of carboxylic acid groups (broad SMARTS) is 2. The Morgan fingerprint density at radius 2 is 0.818 bits per heavy atom. The molecular formula is C24H20MnN4O4. The molecule has 33 heavy (non-hydrogen) atoms. The van der Waals surface area contributed by atoms with Crippen LogP contribution in [0.4, 0.5) is 0 Å². The van der Waals surface area contributed by atoms with Crippen molar-refractivity contribution >= 4 is 58.3 Å². The molecule has 8 nitrogen and oxygen atoms in total. The molecule has 0 saturated carbocycles. The van der Waals surface area contributed by atoms with Gasteiger partial charge in [-0.1, -0.05) is 0 Å². The summed E-state index contributed by atoms with van der Waals surface area (Å²) in [6.07, 6.45) is 8.09. The molecule has 5 rings (SSSR count). The maximum Gasteiger partial charge on any atom is 2.00 e. The van der Waals surface area contributed by atoms with Crippen molar-refractivity contribution < 1.29 is 36.9 Å². The van der Waals surface area contributed by atoms with Crippen LogP contribution in [0.5, 0.6) is 0 Å². The van der Waals surface area contributed by atoms with E-state index in [2.05, 4.69) is 44.2 Å². The Bertz CT molecular complexity index is 1170. The van der Waals surface area contributed by atoms with E-state index in [1.807, 2.05) is 48.6 Å². The molecule has 0 aliphatic carbocycles. The van der Waals surface area contributed by atoms with E-state index in [1.54, 1.807) is 0 Å². The van der Waals surface area contributed by atoms with Gasteiger partial charge >= 0.3 is 17.1 Å². The Morgan fingerprint density at radius 1 is 0.606 bits per heavy atom. The third kappa shape index (κ3) is 8.25.